The first-order chi connectivity index (χ1) is 12.2. The Balaban J connectivity index is 1.62. The highest BCUT2D eigenvalue weighted by Crippen LogP contribution is 2.18. The van der Waals surface area contributed by atoms with Crippen LogP contribution in [-0.4, -0.2) is 29.3 Å². The van der Waals surface area contributed by atoms with Crippen molar-refractivity contribution in [3.05, 3.63) is 71.9 Å². The molecule has 25 heavy (non-hydrogen) atoms. The summed E-state index contributed by atoms with van der Waals surface area (Å²) in [5, 5.41) is 3.79. The van der Waals surface area contributed by atoms with Crippen LogP contribution < -0.4 is 11.1 Å². The maximum atomic E-state index is 12.4. The molecule has 0 aliphatic carbocycles. The van der Waals surface area contributed by atoms with Gasteiger partial charge in [-0.15, -0.1) is 0 Å². The van der Waals surface area contributed by atoms with Gasteiger partial charge in [0, 0.05) is 17.1 Å². The molecule has 0 bridgehead atoms. The standard InChI is InChI=1S/C20H21N3O2/c21-18(11-15-12-22-19-9-5-4-8-17(15)19)20(25)23-16(13-24)10-14-6-2-1-3-7-14/h1-9,12-13,16,18,22H,10-11,21H2,(H,23,25). The quantitative estimate of drug-likeness (QED) is 0.577. The average molecular weight is 335 g/mol. The van der Waals surface area contributed by atoms with Gasteiger partial charge in [0.2, 0.25) is 5.91 Å². The molecule has 3 aromatic rings. The number of aromatic amines is 1. The van der Waals surface area contributed by atoms with Crippen molar-refractivity contribution in [2.75, 3.05) is 0 Å². The van der Waals surface area contributed by atoms with Gasteiger partial charge in [0.15, 0.2) is 0 Å². The number of amides is 1. The molecule has 1 aromatic heterocycles. The molecule has 2 unspecified atom stereocenters. The van der Waals surface area contributed by atoms with Gasteiger partial charge in [-0.3, -0.25) is 4.79 Å². The van der Waals surface area contributed by atoms with E-state index in [0.29, 0.717) is 12.8 Å². The molecule has 2 aromatic carbocycles. The highest BCUT2D eigenvalue weighted by molar-refractivity contribution is 5.87. The van der Waals surface area contributed by atoms with E-state index in [1.165, 1.54) is 0 Å². The normalized spacial score (nSPS) is 13.3. The number of nitrogens with two attached hydrogens (primary N) is 1. The third-order valence-corrected chi connectivity index (χ3v) is 4.24. The van der Waals surface area contributed by atoms with Crippen molar-refractivity contribution in [1.29, 1.82) is 0 Å². The number of para-hydroxylation sites is 1. The third kappa shape index (κ3) is 4.14. The largest absolute Gasteiger partial charge is 0.361 e. The molecule has 1 amide bonds. The lowest BCUT2D eigenvalue weighted by atomic mass is 10.0. The van der Waals surface area contributed by atoms with Gasteiger partial charge in [-0.1, -0.05) is 48.5 Å². The molecule has 0 radical (unpaired) electrons. The molecular formula is C20H21N3O2. The molecule has 0 aliphatic heterocycles. The van der Waals surface area contributed by atoms with Crippen LogP contribution in [0.5, 0.6) is 0 Å². The van der Waals surface area contributed by atoms with Gasteiger partial charge in [0.25, 0.3) is 0 Å². The van der Waals surface area contributed by atoms with E-state index in [-0.39, 0.29) is 5.91 Å². The molecule has 0 aliphatic rings. The van der Waals surface area contributed by atoms with Crippen molar-refractivity contribution in [1.82, 2.24) is 10.3 Å². The number of hydrogen-bond acceptors (Lipinski definition) is 3. The summed E-state index contributed by atoms with van der Waals surface area (Å²) in [5.74, 6) is -0.321. The zero-order valence-corrected chi connectivity index (χ0v) is 13.8. The molecule has 2 atom stereocenters. The number of carbonyl (C=O) groups is 2. The Kier molecular flexibility index (Phi) is 5.26. The zero-order chi connectivity index (χ0) is 17.6. The molecule has 0 fully saturated rings. The van der Waals surface area contributed by atoms with E-state index in [0.717, 1.165) is 28.3 Å². The van der Waals surface area contributed by atoms with Crippen LogP contribution in [0, 0.1) is 0 Å². The van der Waals surface area contributed by atoms with Crippen molar-refractivity contribution in [3.8, 4) is 0 Å². The maximum absolute atomic E-state index is 12.4. The van der Waals surface area contributed by atoms with Gasteiger partial charge in [0.1, 0.15) is 6.29 Å². The molecule has 128 valence electrons. The van der Waals surface area contributed by atoms with E-state index in [9.17, 15) is 9.59 Å². The van der Waals surface area contributed by atoms with E-state index >= 15 is 0 Å². The first-order valence-corrected chi connectivity index (χ1v) is 8.27. The second kappa shape index (κ2) is 7.77. The van der Waals surface area contributed by atoms with Crippen LogP contribution in [0.1, 0.15) is 11.1 Å². The van der Waals surface area contributed by atoms with Crippen molar-refractivity contribution in [3.63, 3.8) is 0 Å². The lowest BCUT2D eigenvalue weighted by molar-refractivity contribution is -0.125. The zero-order valence-electron chi connectivity index (χ0n) is 13.8. The van der Waals surface area contributed by atoms with Crippen LogP contribution in [0.4, 0.5) is 0 Å². The first kappa shape index (κ1) is 16.9. The molecule has 1 heterocycles. The Labute approximate surface area is 146 Å². The fourth-order valence-electron chi connectivity index (χ4n) is 2.92. The predicted octanol–water partition coefficient (Wildman–Crippen LogP) is 1.96. The van der Waals surface area contributed by atoms with Crippen LogP contribution in [-0.2, 0) is 22.4 Å². The van der Waals surface area contributed by atoms with Crippen molar-refractivity contribution < 1.29 is 9.59 Å². The minimum Gasteiger partial charge on any atom is -0.361 e. The fourth-order valence-corrected chi connectivity index (χ4v) is 2.92. The number of rotatable bonds is 7. The van der Waals surface area contributed by atoms with Crippen molar-refractivity contribution >= 4 is 23.1 Å². The van der Waals surface area contributed by atoms with E-state index in [1.807, 2.05) is 60.8 Å². The number of H-pyrrole nitrogens is 1. The highest BCUT2D eigenvalue weighted by atomic mass is 16.2. The van der Waals surface area contributed by atoms with Crippen LogP contribution in [0.15, 0.2) is 60.8 Å². The molecule has 4 N–H and O–H groups in total. The summed E-state index contributed by atoms with van der Waals surface area (Å²) in [5.41, 5.74) is 9.05. The number of nitrogens with one attached hydrogen (secondary N) is 2. The average Bonchev–Trinajstić information content (AvgIpc) is 3.05. The Bertz CT molecular complexity index is 858. The van der Waals surface area contributed by atoms with Crippen LogP contribution in [0.3, 0.4) is 0 Å². The molecule has 5 nitrogen and oxygen atoms in total. The fraction of sp³-hybridized carbons (Fsp3) is 0.200. The summed E-state index contributed by atoms with van der Waals surface area (Å²) in [4.78, 5) is 26.8. The maximum Gasteiger partial charge on any atom is 0.237 e. The number of hydrogen-bond donors (Lipinski definition) is 3. The van der Waals surface area contributed by atoms with Crippen LogP contribution in [0.2, 0.25) is 0 Å². The van der Waals surface area contributed by atoms with E-state index < -0.39 is 12.1 Å². The summed E-state index contributed by atoms with van der Waals surface area (Å²) in [6, 6.07) is 16.2. The minimum atomic E-state index is -0.711. The summed E-state index contributed by atoms with van der Waals surface area (Å²) >= 11 is 0. The summed E-state index contributed by atoms with van der Waals surface area (Å²) in [7, 11) is 0. The molecule has 0 saturated heterocycles. The van der Waals surface area contributed by atoms with E-state index in [2.05, 4.69) is 10.3 Å². The van der Waals surface area contributed by atoms with E-state index in [1.54, 1.807) is 0 Å². The summed E-state index contributed by atoms with van der Waals surface area (Å²) in [6.07, 6.45) is 3.49. The second-order valence-electron chi connectivity index (χ2n) is 6.11. The Morgan fingerprint density at radius 3 is 2.56 bits per heavy atom. The minimum absolute atomic E-state index is 0.321. The summed E-state index contributed by atoms with van der Waals surface area (Å²) in [6.45, 7) is 0. The van der Waals surface area contributed by atoms with Crippen LogP contribution in [0.25, 0.3) is 10.9 Å². The predicted molar refractivity (Wildman–Crippen MR) is 98.1 cm³/mol. The Hall–Kier alpha value is -2.92. The number of fused-ring (bicyclic) bond motifs is 1. The third-order valence-electron chi connectivity index (χ3n) is 4.24. The summed E-state index contributed by atoms with van der Waals surface area (Å²) < 4.78 is 0. The first-order valence-electron chi connectivity index (χ1n) is 8.27. The van der Waals surface area contributed by atoms with Crippen molar-refractivity contribution in [2.45, 2.75) is 24.9 Å². The van der Waals surface area contributed by atoms with Crippen LogP contribution >= 0.6 is 0 Å². The molecule has 5 heteroatoms. The Morgan fingerprint density at radius 2 is 1.80 bits per heavy atom. The van der Waals surface area contributed by atoms with Gasteiger partial charge < -0.3 is 20.8 Å². The topological polar surface area (TPSA) is 88.0 Å². The second-order valence-corrected chi connectivity index (χ2v) is 6.11. The van der Waals surface area contributed by atoms with Gasteiger partial charge in [-0.05, 0) is 30.0 Å². The SMILES string of the molecule is NC(Cc1c[nH]c2ccccc12)C(=O)NC(C=O)Cc1ccccc1. The van der Waals surface area contributed by atoms with Gasteiger partial charge in [-0.2, -0.15) is 0 Å². The lowest BCUT2D eigenvalue weighted by Crippen LogP contribution is -2.47. The molecular weight excluding hydrogens is 314 g/mol. The van der Waals surface area contributed by atoms with E-state index in [4.69, 9.17) is 5.73 Å². The van der Waals surface area contributed by atoms with Gasteiger partial charge in [-0.25, -0.2) is 0 Å². The molecule has 3 rings (SSSR count). The monoisotopic (exact) mass is 335 g/mol. The Morgan fingerprint density at radius 1 is 1.08 bits per heavy atom. The molecule has 0 saturated carbocycles. The number of aldehydes is 1. The lowest BCUT2D eigenvalue weighted by Gasteiger charge is -2.16. The van der Waals surface area contributed by atoms with Gasteiger partial charge >= 0.3 is 0 Å². The van der Waals surface area contributed by atoms with Crippen molar-refractivity contribution in [2.24, 2.45) is 5.73 Å². The number of carbonyl (C=O) groups excluding carboxylic acids is 2. The molecule has 0 spiro atoms. The number of aromatic nitrogens is 1. The van der Waals surface area contributed by atoms with Gasteiger partial charge in [0.05, 0.1) is 12.1 Å². The number of benzene rings is 2. The smallest absolute Gasteiger partial charge is 0.237 e. The highest BCUT2D eigenvalue weighted by Gasteiger charge is 2.19.